The molecular weight excluding hydrogens is 372 g/mol. The minimum absolute atomic E-state index is 0.0764. The molecule has 0 aliphatic rings. The summed E-state index contributed by atoms with van der Waals surface area (Å²) in [6.07, 6.45) is 0. The maximum Gasteiger partial charge on any atom is 0.261 e. The largest absolute Gasteiger partial charge is 0.349 e. The van der Waals surface area contributed by atoms with Crippen LogP contribution in [0.25, 0.3) is 0 Å². The van der Waals surface area contributed by atoms with Crippen LogP contribution >= 0.6 is 0 Å². The highest BCUT2D eigenvalue weighted by Gasteiger charge is 2.21. The molecule has 0 aliphatic heterocycles. The number of nitrogens with one attached hydrogen (secondary N) is 2. The number of benzene rings is 2. The van der Waals surface area contributed by atoms with Crippen LogP contribution < -0.4 is 10.0 Å². The maximum absolute atomic E-state index is 12.6. The van der Waals surface area contributed by atoms with Gasteiger partial charge in [0.25, 0.3) is 15.9 Å². The van der Waals surface area contributed by atoms with Crippen LogP contribution in [-0.2, 0) is 10.0 Å². The summed E-state index contributed by atoms with van der Waals surface area (Å²) in [6, 6.07) is 11.7. The summed E-state index contributed by atoms with van der Waals surface area (Å²) in [5, 5.41) is 3.08. The van der Waals surface area contributed by atoms with E-state index in [2.05, 4.69) is 37.7 Å². The Labute approximate surface area is 168 Å². The van der Waals surface area contributed by atoms with Crippen LogP contribution in [0.4, 0.5) is 5.69 Å². The molecule has 5 nitrogen and oxygen atoms in total. The lowest BCUT2D eigenvalue weighted by Gasteiger charge is -2.26. The molecule has 2 rings (SSSR count). The Balaban J connectivity index is 2.20. The van der Waals surface area contributed by atoms with Gasteiger partial charge in [0, 0.05) is 11.6 Å². The topological polar surface area (TPSA) is 75.3 Å². The highest BCUT2D eigenvalue weighted by atomic mass is 32.2. The van der Waals surface area contributed by atoms with Crippen LogP contribution in [0.2, 0.25) is 0 Å². The summed E-state index contributed by atoms with van der Waals surface area (Å²) in [4.78, 5) is 12.8. The Kier molecular flexibility index (Phi) is 6.88. The second-order valence-electron chi connectivity index (χ2n) is 7.94. The monoisotopic (exact) mass is 402 g/mol. The predicted octanol–water partition coefficient (Wildman–Crippen LogP) is 4.51. The molecule has 0 bridgehead atoms. The van der Waals surface area contributed by atoms with Crippen LogP contribution in [-0.4, -0.2) is 20.4 Å². The molecule has 2 aromatic rings. The van der Waals surface area contributed by atoms with Crippen molar-refractivity contribution in [3.8, 4) is 0 Å². The second kappa shape index (κ2) is 8.78. The van der Waals surface area contributed by atoms with Crippen molar-refractivity contribution in [1.29, 1.82) is 0 Å². The van der Waals surface area contributed by atoms with E-state index in [0.29, 0.717) is 28.7 Å². The normalized spacial score (nSPS) is 11.9. The van der Waals surface area contributed by atoms with Gasteiger partial charge in [0.1, 0.15) is 0 Å². The van der Waals surface area contributed by atoms with E-state index < -0.39 is 10.0 Å². The van der Waals surface area contributed by atoms with E-state index >= 15 is 0 Å². The molecule has 2 N–H and O–H groups in total. The van der Waals surface area contributed by atoms with Gasteiger partial charge in [0.2, 0.25) is 0 Å². The molecule has 0 saturated carbocycles. The number of hydrogen-bond acceptors (Lipinski definition) is 3. The summed E-state index contributed by atoms with van der Waals surface area (Å²) in [7, 11) is -3.68. The highest BCUT2D eigenvalue weighted by molar-refractivity contribution is 7.92. The number of aryl methyl sites for hydroxylation is 2. The summed E-state index contributed by atoms with van der Waals surface area (Å²) < 4.78 is 27.8. The van der Waals surface area contributed by atoms with Gasteiger partial charge < -0.3 is 5.32 Å². The van der Waals surface area contributed by atoms with Crippen molar-refractivity contribution in [2.45, 2.75) is 52.5 Å². The molecule has 0 radical (unpaired) electrons. The number of hydrogen-bond donors (Lipinski definition) is 2. The van der Waals surface area contributed by atoms with E-state index in [9.17, 15) is 13.2 Å². The average molecular weight is 403 g/mol. The molecular formula is C22H30N2O3S. The van der Waals surface area contributed by atoms with Gasteiger partial charge in [-0.15, -0.1) is 0 Å². The molecule has 0 spiro atoms. The first kappa shape index (κ1) is 22.0. The Hall–Kier alpha value is -2.34. The van der Waals surface area contributed by atoms with Crippen LogP contribution in [0.15, 0.2) is 47.4 Å². The van der Waals surface area contributed by atoms with E-state index in [1.165, 1.54) is 0 Å². The smallest absolute Gasteiger partial charge is 0.261 e. The number of anilines is 1. The summed E-state index contributed by atoms with van der Waals surface area (Å²) in [6.45, 7) is 12.0. The standard InChI is InChI=1S/C22H30N2O3S/c1-14(2)21(15(3)4)23-22(25)18-9-12-20(17(6)13-18)24-28(26,27)19-10-7-16(5)8-11-19/h7-15,21,24H,1-6H3,(H,23,25). The molecule has 0 aromatic heterocycles. The van der Waals surface area contributed by atoms with Gasteiger partial charge in [0.15, 0.2) is 0 Å². The number of rotatable bonds is 7. The third-order valence-electron chi connectivity index (χ3n) is 4.80. The molecule has 0 saturated heterocycles. The first-order valence-corrected chi connectivity index (χ1v) is 11.0. The molecule has 0 aliphatic carbocycles. The van der Waals surface area contributed by atoms with Crippen molar-refractivity contribution in [2.75, 3.05) is 4.72 Å². The maximum atomic E-state index is 12.6. The van der Waals surface area contributed by atoms with Crippen LogP contribution in [0.3, 0.4) is 0 Å². The van der Waals surface area contributed by atoms with Crippen LogP contribution in [0.5, 0.6) is 0 Å². The van der Waals surface area contributed by atoms with Crippen molar-refractivity contribution in [1.82, 2.24) is 5.32 Å². The van der Waals surface area contributed by atoms with Crippen molar-refractivity contribution in [2.24, 2.45) is 11.8 Å². The molecule has 1 amide bonds. The molecule has 28 heavy (non-hydrogen) atoms. The number of sulfonamides is 1. The van der Waals surface area contributed by atoms with Crippen molar-refractivity contribution < 1.29 is 13.2 Å². The molecule has 0 heterocycles. The van der Waals surface area contributed by atoms with Gasteiger partial charge in [-0.2, -0.15) is 0 Å². The minimum atomic E-state index is -3.68. The zero-order valence-electron chi connectivity index (χ0n) is 17.4. The van der Waals surface area contributed by atoms with Gasteiger partial charge >= 0.3 is 0 Å². The Morgan fingerprint density at radius 2 is 1.46 bits per heavy atom. The van der Waals surface area contributed by atoms with Gasteiger partial charge in [-0.1, -0.05) is 45.4 Å². The fraction of sp³-hybridized carbons (Fsp3) is 0.409. The Morgan fingerprint density at radius 3 is 1.96 bits per heavy atom. The lowest BCUT2D eigenvalue weighted by Crippen LogP contribution is -2.42. The van der Waals surface area contributed by atoms with Gasteiger partial charge in [0.05, 0.1) is 10.6 Å². The summed E-state index contributed by atoms with van der Waals surface area (Å²) in [5.41, 5.74) is 2.66. The van der Waals surface area contributed by atoms with Crippen molar-refractivity contribution in [3.63, 3.8) is 0 Å². The van der Waals surface area contributed by atoms with E-state index in [4.69, 9.17) is 0 Å². The molecule has 2 aromatic carbocycles. The molecule has 0 fully saturated rings. The first-order valence-electron chi connectivity index (χ1n) is 9.52. The lowest BCUT2D eigenvalue weighted by atomic mass is 9.93. The van der Waals surface area contributed by atoms with Gasteiger partial charge in [-0.3, -0.25) is 9.52 Å². The molecule has 0 unspecified atom stereocenters. The molecule has 6 heteroatoms. The van der Waals surface area contributed by atoms with E-state index in [-0.39, 0.29) is 16.8 Å². The SMILES string of the molecule is Cc1ccc(S(=O)(=O)Nc2ccc(C(=O)NC(C(C)C)C(C)C)cc2C)cc1. The first-order chi connectivity index (χ1) is 13.0. The Bertz CT molecular complexity index is 925. The van der Waals surface area contributed by atoms with Crippen LogP contribution in [0, 0.1) is 25.7 Å². The zero-order valence-corrected chi connectivity index (χ0v) is 18.2. The zero-order chi connectivity index (χ0) is 21.1. The molecule has 0 atom stereocenters. The number of carbonyl (C=O) groups is 1. The summed E-state index contributed by atoms with van der Waals surface area (Å²) >= 11 is 0. The second-order valence-corrected chi connectivity index (χ2v) is 9.62. The number of amides is 1. The average Bonchev–Trinajstić information content (AvgIpc) is 2.60. The van der Waals surface area contributed by atoms with Crippen molar-refractivity contribution >= 4 is 21.6 Å². The fourth-order valence-corrected chi connectivity index (χ4v) is 4.31. The van der Waals surface area contributed by atoms with E-state index in [1.54, 1.807) is 49.4 Å². The van der Waals surface area contributed by atoms with Crippen LogP contribution in [0.1, 0.15) is 49.2 Å². The quantitative estimate of drug-likeness (QED) is 0.715. The van der Waals surface area contributed by atoms with E-state index in [0.717, 1.165) is 5.56 Å². The highest BCUT2D eigenvalue weighted by Crippen LogP contribution is 2.22. The minimum Gasteiger partial charge on any atom is -0.349 e. The van der Waals surface area contributed by atoms with E-state index in [1.807, 2.05) is 6.92 Å². The Morgan fingerprint density at radius 1 is 0.893 bits per heavy atom. The third kappa shape index (κ3) is 5.35. The van der Waals surface area contributed by atoms with Gasteiger partial charge in [-0.05, 0) is 61.6 Å². The third-order valence-corrected chi connectivity index (χ3v) is 6.18. The van der Waals surface area contributed by atoms with Crippen molar-refractivity contribution in [3.05, 3.63) is 59.2 Å². The molecule has 152 valence electrons. The number of carbonyl (C=O) groups excluding carboxylic acids is 1. The summed E-state index contributed by atoms with van der Waals surface area (Å²) in [5.74, 6) is 0.500. The van der Waals surface area contributed by atoms with Gasteiger partial charge in [-0.25, -0.2) is 8.42 Å². The predicted molar refractivity (Wildman–Crippen MR) is 114 cm³/mol. The fourth-order valence-electron chi connectivity index (χ4n) is 3.18. The lowest BCUT2D eigenvalue weighted by molar-refractivity contribution is 0.0910.